The van der Waals surface area contributed by atoms with Crippen LogP contribution in [0.3, 0.4) is 0 Å². The van der Waals surface area contributed by atoms with Gasteiger partial charge in [0.25, 0.3) is 0 Å². The summed E-state index contributed by atoms with van der Waals surface area (Å²) in [5.74, 6) is 2.85. The summed E-state index contributed by atoms with van der Waals surface area (Å²) in [6.45, 7) is 0. The molecular formula is C97H62ClN7O2S2. The van der Waals surface area contributed by atoms with Crippen LogP contribution < -0.4 is 4.90 Å². The summed E-state index contributed by atoms with van der Waals surface area (Å²) in [5.41, 5.74) is 17.1. The van der Waals surface area contributed by atoms with Gasteiger partial charge in [-0.15, -0.1) is 22.7 Å². The van der Waals surface area contributed by atoms with Crippen LogP contribution in [0.15, 0.2) is 324 Å². The average molecular weight is 1460 g/mol. The fourth-order valence-corrected chi connectivity index (χ4v) is 19.0. The molecule has 109 heavy (non-hydrogen) atoms. The largest absolute Gasteiger partial charge is 0.456 e. The highest BCUT2D eigenvalue weighted by Gasteiger charge is 2.31. The molecule has 12 heteroatoms. The van der Waals surface area contributed by atoms with Gasteiger partial charge in [0.05, 0.1) is 11.4 Å². The average Bonchev–Trinajstić information content (AvgIpc) is 1.72. The summed E-state index contributed by atoms with van der Waals surface area (Å²) >= 11 is 9.89. The maximum Gasteiger partial charge on any atom is 0.238 e. The van der Waals surface area contributed by atoms with Crippen molar-refractivity contribution in [3.05, 3.63) is 332 Å². The highest BCUT2D eigenvalue weighted by Crippen LogP contribution is 2.54. The summed E-state index contributed by atoms with van der Waals surface area (Å²) in [7, 11) is 0. The number of nitrogens with zero attached hydrogens (tertiary/aromatic N) is 7. The highest BCUT2D eigenvalue weighted by molar-refractivity contribution is 7.26. The molecule has 0 N–H and O–H groups in total. The second-order valence-electron chi connectivity index (χ2n) is 27.2. The minimum Gasteiger partial charge on any atom is -0.456 e. The van der Waals surface area contributed by atoms with E-state index in [1.54, 1.807) is 22.7 Å². The fourth-order valence-electron chi connectivity index (χ4n) is 16.4. The summed E-state index contributed by atoms with van der Waals surface area (Å²) in [4.78, 5) is 32.0. The number of benzene rings is 16. The Kier molecular flexibility index (Phi) is 15.6. The maximum atomic E-state index is 6.38. The van der Waals surface area contributed by atoms with E-state index in [2.05, 4.69) is 264 Å². The second kappa shape index (κ2) is 26.0. The first-order valence-electron chi connectivity index (χ1n) is 35.6. The Morgan fingerprint density at radius 3 is 1.36 bits per heavy atom. The van der Waals surface area contributed by atoms with Crippen molar-refractivity contribution >= 4 is 179 Å². The Morgan fingerprint density at radius 1 is 0.303 bits per heavy atom. The van der Waals surface area contributed by atoms with E-state index in [0.29, 0.717) is 29.2 Å². The van der Waals surface area contributed by atoms with Crippen molar-refractivity contribution in [2.24, 2.45) is 0 Å². The van der Waals surface area contributed by atoms with Crippen LogP contribution in [-0.4, -0.2) is 29.9 Å². The lowest BCUT2D eigenvalue weighted by Gasteiger charge is -2.33. The number of thiophene rings is 2. The molecule has 16 aromatic carbocycles. The monoisotopic (exact) mass is 1460 g/mol. The number of hydrogen-bond acceptors (Lipinski definition) is 11. The number of hydrogen-bond donors (Lipinski definition) is 0. The van der Waals surface area contributed by atoms with Gasteiger partial charge >= 0.3 is 0 Å². The molecule has 0 atom stereocenters. The van der Waals surface area contributed by atoms with Crippen LogP contribution in [0.1, 0.15) is 26.0 Å². The molecule has 0 saturated carbocycles. The molecule has 6 aromatic heterocycles. The molecule has 24 rings (SSSR count). The molecule has 0 unspecified atom stereocenters. The molecular weight excluding hydrogens is 1390 g/mol. The smallest absolute Gasteiger partial charge is 0.238 e. The minimum absolute atomic E-state index is 0. The quantitative estimate of drug-likeness (QED) is 0.166. The summed E-state index contributed by atoms with van der Waals surface area (Å²) in [6.07, 6.45) is 1.03. The molecule has 516 valence electrons. The lowest BCUT2D eigenvalue weighted by Crippen LogP contribution is -2.19. The summed E-state index contributed by atoms with van der Waals surface area (Å²) in [6, 6.07) is 111. The van der Waals surface area contributed by atoms with E-state index in [1.807, 2.05) is 66.7 Å². The lowest BCUT2D eigenvalue weighted by atomic mass is 9.81. The molecule has 0 saturated heterocycles. The van der Waals surface area contributed by atoms with Crippen molar-refractivity contribution in [2.75, 3.05) is 4.90 Å². The third-order valence-corrected chi connectivity index (χ3v) is 23.8. The molecule has 0 radical (unpaired) electrons. The Bertz CT molecular complexity index is 7490. The number of halogens is 1. The van der Waals surface area contributed by atoms with E-state index in [-0.39, 0.29) is 20.1 Å². The van der Waals surface area contributed by atoms with E-state index >= 15 is 0 Å². The Labute approximate surface area is 638 Å². The Balaban J connectivity index is 0.000000118. The van der Waals surface area contributed by atoms with Crippen molar-refractivity contribution in [1.29, 1.82) is 0 Å². The van der Waals surface area contributed by atoms with Gasteiger partial charge in [0.1, 0.15) is 22.3 Å². The van der Waals surface area contributed by atoms with Crippen molar-refractivity contribution in [2.45, 2.75) is 21.3 Å². The van der Waals surface area contributed by atoms with Gasteiger partial charge in [-0.05, 0) is 145 Å². The van der Waals surface area contributed by atoms with Crippen LogP contribution in [0.2, 0.25) is 5.28 Å². The SMILES string of the molecule is C.C.Clc1nc(-c2ccc3c(c2)oc2ccccc23)nc(-c2cccc3c2sc2ccccc23)n1.c1ccc2c3c(ccc2c1)-c1cccc2cccc(c12)C3.c1ccc2c3c(ccc2c1)-c1cccc2cccc(c12)N3c1nc(-c2ccc3c(c2)oc2ccccc23)nc(-c2cccc3c2sc2ccccc23)n1. The van der Waals surface area contributed by atoms with Crippen LogP contribution in [0, 0.1) is 0 Å². The van der Waals surface area contributed by atoms with E-state index < -0.39 is 0 Å². The lowest BCUT2D eigenvalue weighted by molar-refractivity contribution is 0.668. The predicted octanol–water partition coefficient (Wildman–Crippen LogP) is 28.2. The van der Waals surface area contributed by atoms with Crippen LogP contribution in [0.5, 0.6) is 0 Å². The van der Waals surface area contributed by atoms with E-state index in [9.17, 15) is 0 Å². The molecule has 0 bridgehead atoms. The summed E-state index contributed by atoms with van der Waals surface area (Å²) < 4.78 is 17.2. The number of anilines is 3. The predicted molar refractivity (Wildman–Crippen MR) is 459 cm³/mol. The third kappa shape index (κ3) is 10.6. The zero-order valence-electron chi connectivity index (χ0n) is 56.9. The van der Waals surface area contributed by atoms with Gasteiger partial charge in [0.2, 0.25) is 11.2 Å². The van der Waals surface area contributed by atoms with Crippen LogP contribution in [-0.2, 0) is 6.42 Å². The fraction of sp³-hybridized carbons (Fsp3) is 0.0309. The number of fused-ring (bicyclic) bond motifs is 20. The van der Waals surface area contributed by atoms with Gasteiger partial charge < -0.3 is 8.83 Å². The first-order chi connectivity index (χ1) is 52.9. The standard InChI is InChI=1S/C47H26N4OS.C27H14ClN3OS.C21H14.2CH4/c1-2-13-30-27(10-1)22-25-35-34-16-7-11-28-12-8-19-38(42(28)34)51(43(30)35)47-49-45(29-23-24-32-31-14-3-5-20-39(31)52-40(32)26-29)48-46(50-47)37-18-9-17-36-33-15-4-6-21-41(33)53-44(36)37;28-27-30-25(15-12-13-17-16-6-1-3-10-21(16)32-22(17)14-15)29-26(31-27)20-9-5-8-19-18-7-2-4-11-23(18)33-24(19)20;1-2-9-17-14(5-1)11-12-18-19-10-4-7-15-6-3-8-16(21(15)19)13-20(17)18;;/h1-26H;1-14H;1-12H,13H2;2*1H4. The van der Waals surface area contributed by atoms with Crippen molar-refractivity contribution in [3.8, 4) is 67.8 Å². The number of rotatable bonds is 5. The summed E-state index contributed by atoms with van der Waals surface area (Å²) in [5, 5.41) is 19.5. The van der Waals surface area contributed by atoms with E-state index in [1.165, 1.54) is 91.1 Å². The molecule has 22 aromatic rings. The van der Waals surface area contributed by atoms with E-state index in [0.717, 1.165) is 110 Å². The zero-order valence-corrected chi connectivity index (χ0v) is 59.3. The van der Waals surface area contributed by atoms with E-state index in [4.69, 9.17) is 40.4 Å². The van der Waals surface area contributed by atoms with Crippen molar-refractivity contribution in [1.82, 2.24) is 29.9 Å². The number of aromatic nitrogens is 6. The molecule has 0 fully saturated rings. The topological polar surface area (TPSA) is 107 Å². The van der Waals surface area contributed by atoms with Crippen LogP contribution in [0.25, 0.3) is 195 Å². The van der Waals surface area contributed by atoms with Crippen molar-refractivity contribution < 1.29 is 8.83 Å². The second-order valence-corrected chi connectivity index (χ2v) is 29.7. The molecule has 7 heterocycles. The van der Waals surface area contributed by atoms with Gasteiger partial charge in [-0.25, -0.2) is 9.97 Å². The van der Waals surface area contributed by atoms with Gasteiger partial charge in [-0.3, -0.25) is 4.90 Å². The Morgan fingerprint density at radius 2 is 0.734 bits per heavy atom. The van der Waals surface area contributed by atoms with Gasteiger partial charge in [-0.1, -0.05) is 264 Å². The maximum absolute atomic E-state index is 6.38. The molecule has 1 aliphatic heterocycles. The number of furan rings is 2. The number of para-hydroxylation sites is 2. The van der Waals surface area contributed by atoms with Crippen molar-refractivity contribution in [3.63, 3.8) is 0 Å². The third-order valence-electron chi connectivity index (χ3n) is 21.2. The first kappa shape index (κ1) is 65.2. The molecule has 2 aliphatic rings. The van der Waals surface area contributed by atoms with Crippen LogP contribution >= 0.6 is 34.3 Å². The van der Waals surface area contributed by atoms with Crippen LogP contribution in [0.4, 0.5) is 17.3 Å². The normalized spacial score (nSPS) is 12.1. The molecule has 0 amide bonds. The first-order valence-corrected chi connectivity index (χ1v) is 37.6. The molecule has 0 spiro atoms. The molecule has 9 nitrogen and oxygen atoms in total. The van der Waals surface area contributed by atoms with Gasteiger partial charge in [0, 0.05) is 100 Å². The van der Waals surface area contributed by atoms with Gasteiger partial charge in [0.15, 0.2) is 23.3 Å². The minimum atomic E-state index is 0. The molecule has 1 aliphatic carbocycles. The van der Waals surface area contributed by atoms with Gasteiger partial charge in [-0.2, -0.15) is 19.9 Å². The highest BCUT2D eigenvalue weighted by atomic mass is 35.5. The zero-order chi connectivity index (χ0) is 70.4. The Hall–Kier alpha value is -13.3.